The first kappa shape index (κ1) is 19.0. The summed E-state index contributed by atoms with van der Waals surface area (Å²) < 4.78 is 15.9. The molecule has 2 aromatic carbocycles. The molecule has 0 amide bonds. The van der Waals surface area contributed by atoms with Gasteiger partial charge in [0.1, 0.15) is 6.07 Å². The quantitative estimate of drug-likeness (QED) is 0.534. The van der Waals surface area contributed by atoms with Gasteiger partial charge in [-0.3, -0.25) is 4.79 Å². The molecule has 0 saturated carbocycles. The van der Waals surface area contributed by atoms with Crippen LogP contribution in [-0.4, -0.2) is 31.6 Å². The number of carbonyl (C=O) groups excluding carboxylic acids is 2. The van der Waals surface area contributed by atoms with Gasteiger partial charge in [0.15, 0.2) is 23.9 Å². The normalized spacial score (nSPS) is 9.88. The maximum absolute atomic E-state index is 12.9. The van der Waals surface area contributed by atoms with Gasteiger partial charge in [0.05, 0.1) is 18.8 Å². The van der Waals surface area contributed by atoms with Crippen LogP contribution >= 0.6 is 0 Å². The van der Waals surface area contributed by atoms with Crippen LogP contribution < -0.4 is 9.47 Å². The highest BCUT2D eigenvalue weighted by molar-refractivity contribution is 6.14. The van der Waals surface area contributed by atoms with Crippen molar-refractivity contribution in [3.63, 3.8) is 0 Å². The lowest BCUT2D eigenvalue weighted by atomic mass is 9.98. The highest BCUT2D eigenvalue weighted by Gasteiger charge is 2.20. The highest BCUT2D eigenvalue weighted by atomic mass is 16.5. The van der Waals surface area contributed by atoms with Crippen molar-refractivity contribution in [1.82, 2.24) is 0 Å². The smallest absolute Gasteiger partial charge is 0.339 e. The molecule has 0 aromatic heterocycles. The summed E-state index contributed by atoms with van der Waals surface area (Å²) >= 11 is 0. The molecule has 0 saturated heterocycles. The molecule has 0 heterocycles. The summed E-state index contributed by atoms with van der Waals surface area (Å²) in [7, 11) is 0. The lowest BCUT2D eigenvalue weighted by Gasteiger charge is -2.13. The van der Waals surface area contributed by atoms with Gasteiger partial charge in [-0.05, 0) is 38.1 Å². The number of hydrogen-bond acceptors (Lipinski definition) is 6. The van der Waals surface area contributed by atoms with Crippen molar-refractivity contribution in [3.8, 4) is 17.6 Å². The van der Waals surface area contributed by atoms with E-state index in [0.717, 1.165) is 0 Å². The Morgan fingerprint density at radius 2 is 1.62 bits per heavy atom. The van der Waals surface area contributed by atoms with Crippen molar-refractivity contribution in [2.45, 2.75) is 13.8 Å². The van der Waals surface area contributed by atoms with Crippen LogP contribution in [0.3, 0.4) is 0 Å². The molecule has 0 atom stereocenters. The number of esters is 1. The molecular formula is C20H19NO5. The van der Waals surface area contributed by atoms with Crippen LogP contribution in [-0.2, 0) is 4.74 Å². The van der Waals surface area contributed by atoms with E-state index in [1.54, 1.807) is 42.5 Å². The van der Waals surface area contributed by atoms with Gasteiger partial charge in [0, 0.05) is 11.1 Å². The maximum atomic E-state index is 12.9. The zero-order valence-corrected chi connectivity index (χ0v) is 14.7. The van der Waals surface area contributed by atoms with E-state index in [4.69, 9.17) is 19.5 Å². The van der Waals surface area contributed by atoms with Crippen molar-refractivity contribution in [3.05, 3.63) is 59.2 Å². The average molecular weight is 353 g/mol. The van der Waals surface area contributed by atoms with E-state index in [0.29, 0.717) is 30.3 Å². The second kappa shape index (κ2) is 9.23. The first-order valence-electron chi connectivity index (χ1n) is 8.19. The molecule has 134 valence electrons. The van der Waals surface area contributed by atoms with Crippen LogP contribution in [0.2, 0.25) is 0 Å². The van der Waals surface area contributed by atoms with Crippen molar-refractivity contribution < 1.29 is 23.8 Å². The minimum Gasteiger partial charge on any atom is -0.490 e. The third-order valence-electron chi connectivity index (χ3n) is 3.46. The summed E-state index contributed by atoms with van der Waals surface area (Å²) in [6, 6.07) is 12.9. The number of rotatable bonds is 8. The van der Waals surface area contributed by atoms with Crippen molar-refractivity contribution in [2.75, 3.05) is 19.8 Å². The van der Waals surface area contributed by atoms with Gasteiger partial charge in [-0.25, -0.2) is 4.79 Å². The van der Waals surface area contributed by atoms with Gasteiger partial charge in [0.2, 0.25) is 0 Å². The number of carbonyl (C=O) groups is 2. The Kier molecular flexibility index (Phi) is 6.75. The van der Waals surface area contributed by atoms with Gasteiger partial charge >= 0.3 is 5.97 Å². The van der Waals surface area contributed by atoms with E-state index < -0.39 is 5.97 Å². The monoisotopic (exact) mass is 353 g/mol. The topological polar surface area (TPSA) is 85.6 Å². The molecule has 6 heteroatoms. The molecule has 2 aromatic rings. The van der Waals surface area contributed by atoms with E-state index in [9.17, 15) is 9.59 Å². The minimum atomic E-state index is -0.716. The van der Waals surface area contributed by atoms with Crippen LogP contribution in [0.1, 0.15) is 40.1 Å². The first-order chi connectivity index (χ1) is 12.6. The van der Waals surface area contributed by atoms with Gasteiger partial charge in [-0.15, -0.1) is 0 Å². The molecule has 0 unspecified atom stereocenters. The minimum absolute atomic E-state index is 0.111. The highest BCUT2D eigenvalue weighted by Crippen LogP contribution is 2.30. The molecule has 0 bridgehead atoms. The Morgan fingerprint density at radius 3 is 2.27 bits per heavy atom. The molecule has 0 N–H and O–H groups in total. The molecule has 6 nitrogen and oxygen atoms in total. The van der Waals surface area contributed by atoms with E-state index >= 15 is 0 Å². The summed E-state index contributed by atoms with van der Waals surface area (Å²) in [6.07, 6.45) is 0. The van der Waals surface area contributed by atoms with Crippen LogP contribution in [0.5, 0.6) is 11.5 Å². The Labute approximate surface area is 151 Å². The fourth-order valence-electron chi connectivity index (χ4n) is 2.38. The first-order valence-corrected chi connectivity index (χ1v) is 8.19. The average Bonchev–Trinajstić information content (AvgIpc) is 2.67. The van der Waals surface area contributed by atoms with Crippen molar-refractivity contribution >= 4 is 11.8 Å². The van der Waals surface area contributed by atoms with E-state index in [2.05, 4.69) is 0 Å². The third kappa shape index (κ3) is 4.39. The fraction of sp³-hybridized carbons (Fsp3) is 0.250. The Hall–Kier alpha value is -3.33. The summed E-state index contributed by atoms with van der Waals surface area (Å²) in [4.78, 5) is 25.0. The van der Waals surface area contributed by atoms with Gasteiger partial charge < -0.3 is 14.2 Å². The van der Waals surface area contributed by atoms with Gasteiger partial charge in [-0.2, -0.15) is 5.26 Å². The molecule has 26 heavy (non-hydrogen) atoms. The number of nitrogens with zero attached hydrogens (tertiary/aromatic N) is 1. The van der Waals surface area contributed by atoms with E-state index in [1.807, 2.05) is 13.8 Å². The summed E-state index contributed by atoms with van der Waals surface area (Å²) in [6.45, 7) is 4.22. The lowest BCUT2D eigenvalue weighted by molar-refractivity contribution is 0.0552. The molecule has 2 rings (SSSR count). The predicted octanol–water partition coefficient (Wildman–Crippen LogP) is 3.40. The predicted molar refractivity (Wildman–Crippen MR) is 94.6 cm³/mol. The Morgan fingerprint density at radius 1 is 0.962 bits per heavy atom. The Bertz CT molecular complexity index is 838. The van der Waals surface area contributed by atoms with Gasteiger partial charge in [-0.1, -0.05) is 18.2 Å². The number of nitriles is 1. The van der Waals surface area contributed by atoms with Crippen LogP contribution in [0.25, 0.3) is 0 Å². The number of ketones is 1. The number of benzene rings is 2. The maximum Gasteiger partial charge on any atom is 0.339 e. The van der Waals surface area contributed by atoms with Crippen LogP contribution in [0, 0.1) is 11.3 Å². The second-order valence-electron chi connectivity index (χ2n) is 5.14. The summed E-state index contributed by atoms with van der Waals surface area (Å²) in [5.74, 6) is -0.0534. The summed E-state index contributed by atoms with van der Waals surface area (Å²) in [5.41, 5.74) is 0.666. The zero-order valence-electron chi connectivity index (χ0n) is 14.7. The molecule has 0 aliphatic heterocycles. The fourth-order valence-corrected chi connectivity index (χ4v) is 2.38. The third-order valence-corrected chi connectivity index (χ3v) is 3.46. The van der Waals surface area contributed by atoms with Gasteiger partial charge in [0.25, 0.3) is 0 Å². The van der Waals surface area contributed by atoms with Crippen molar-refractivity contribution in [1.29, 1.82) is 5.26 Å². The van der Waals surface area contributed by atoms with E-state index in [1.165, 1.54) is 6.07 Å². The molecule has 0 radical (unpaired) electrons. The zero-order chi connectivity index (χ0) is 18.9. The van der Waals surface area contributed by atoms with E-state index in [-0.39, 0.29) is 23.5 Å². The van der Waals surface area contributed by atoms with Crippen LogP contribution in [0.4, 0.5) is 0 Å². The molecule has 0 aliphatic rings. The lowest BCUT2D eigenvalue weighted by Crippen LogP contribution is -2.13. The standard InChI is InChI=1S/C20H19NO5/c1-3-24-17-10-9-14(13-18(17)25-4-2)19(22)15-7-5-6-8-16(15)20(23)26-12-11-21/h5-10,13H,3-4,12H2,1-2H3. The number of hydrogen-bond donors (Lipinski definition) is 0. The largest absolute Gasteiger partial charge is 0.490 e. The Balaban J connectivity index is 2.39. The molecular weight excluding hydrogens is 334 g/mol. The summed E-state index contributed by atoms with van der Waals surface area (Å²) in [5, 5.41) is 8.55. The number of ether oxygens (including phenoxy) is 3. The SMILES string of the molecule is CCOc1ccc(C(=O)c2ccccc2C(=O)OCC#N)cc1OCC. The molecule has 0 aliphatic carbocycles. The molecule has 0 fully saturated rings. The van der Waals surface area contributed by atoms with Crippen molar-refractivity contribution in [2.24, 2.45) is 0 Å². The van der Waals surface area contributed by atoms with Crippen LogP contribution in [0.15, 0.2) is 42.5 Å². The molecule has 0 spiro atoms. The second-order valence-corrected chi connectivity index (χ2v) is 5.14.